The summed E-state index contributed by atoms with van der Waals surface area (Å²) in [7, 11) is 0. The molecule has 19 heavy (non-hydrogen) atoms. The molecule has 0 amide bonds. The molecule has 3 heteroatoms. The summed E-state index contributed by atoms with van der Waals surface area (Å²) in [5.41, 5.74) is 6.56. The van der Waals surface area contributed by atoms with Crippen molar-refractivity contribution >= 4 is 0 Å². The van der Waals surface area contributed by atoms with E-state index in [-0.39, 0.29) is 12.1 Å². The summed E-state index contributed by atoms with van der Waals surface area (Å²) in [5, 5.41) is 0. The smallest absolute Gasteiger partial charge is 0.0855 e. The van der Waals surface area contributed by atoms with Crippen LogP contribution in [-0.4, -0.2) is 42.8 Å². The van der Waals surface area contributed by atoms with E-state index < -0.39 is 0 Å². The molecule has 2 N–H and O–H groups in total. The molecule has 4 atom stereocenters. The Morgan fingerprint density at radius 2 is 1.74 bits per heavy atom. The maximum atomic E-state index is 6.56. The second-order valence-corrected chi connectivity index (χ2v) is 7.25. The number of morpholine rings is 1. The van der Waals surface area contributed by atoms with E-state index in [2.05, 4.69) is 32.6 Å². The van der Waals surface area contributed by atoms with Gasteiger partial charge in [0.25, 0.3) is 0 Å². The molecule has 3 nitrogen and oxygen atoms in total. The number of hydrogen-bond donors (Lipinski definition) is 1. The molecule has 1 saturated carbocycles. The van der Waals surface area contributed by atoms with E-state index in [1.54, 1.807) is 0 Å². The second-order valence-electron chi connectivity index (χ2n) is 7.25. The molecule has 0 aromatic carbocycles. The van der Waals surface area contributed by atoms with E-state index >= 15 is 0 Å². The molecular weight excluding hydrogens is 236 g/mol. The fraction of sp³-hybridized carbons (Fsp3) is 1.00. The number of nitrogens with zero attached hydrogens (tertiary/aromatic N) is 1. The van der Waals surface area contributed by atoms with Gasteiger partial charge in [-0.15, -0.1) is 0 Å². The summed E-state index contributed by atoms with van der Waals surface area (Å²) in [4.78, 5) is 2.50. The fourth-order valence-corrected chi connectivity index (χ4v) is 4.03. The summed E-state index contributed by atoms with van der Waals surface area (Å²) >= 11 is 0. The second kappa shape index (κ2) is 6.55. The number of ether oxygens (including phenoxy) is 1. The van der Waals surface area contributed by atoms with Crippen molar-refractivity contribution in [2.24, 2.45) is 23.5 Å². The van der Waals surface area contributed by atoms with E-state index in [4.69, 9.17) is 10.5 Å². The molecule has 0 aromatic heterocycles. The van der Waals surface area contributed by atoms with Crippen LogP contribution in [0.1, 0.15) is 47.0 Å². The Morgan fingerprint density at radius 1 is 1.11 bits per heavy atom. The maximum Gasteiger partial charge on any atom is 0.0855 e. The third kappa shape index (κ3) is 3.93. The van der Waals surface area contributed by atoms with Crippen LogP contribution < -0.4 is 5.73 Å². The molecule has 2 aliphatic rings. The lowest BCUT2D eigenvalue weighted by Gasteiger charge is -2.42. The minimum absolute atomic E-state index is 0.215. The standard InChI is InChI=1S/C16H32N2O/c1-11(2)18-5-6-19-15(10-18)16(17)14-8-12(3)7-13(4)9-14/h11-16H,5-10,17H2,1-4H3. The van der Waals surface area contributed by atoms with Gasteiger partial charge in [-0.1, -0.05) is 13.8 Å². The van der Waals surface area contributed by atoms with Crippen molar-refractivity contribution in [3.63, 3.8) is 0 Å². The van der Waals surface area contributed by atoms with E-state index in [1.165, 1.54) is 19.3 Å². The molecule has 2 fully saturated rings. The van der Waals surface area contributed by atoms with E-state index in [1.807, 2.05) is 0 Å². The lowest BCUT2D eigenvalue weighted by Crippen LogP contribution is -2.55. The molecule has 1 heterocycles. The molecule has 1 saturated heterocycles. The Hall–Kier alpha value is -0.120. The van der Waals surface area contributed by atoms with Gasteiger partial charge in [0.1, 0.15) is 0 Å². The minimum atomic E-state index is 0.215. The van der Waals surface area contributed by atoms with Gasteiger partial charge in [0.15, 0.2) is 0 Å². The van der Waals surface area contributed by atoms with Crippen LogP contribution in [0.3, 0.4) is 0 Å². The molecular formula is C16H32N2O. The lowest BCUT2D eigenvalue weighted by atomic mass is 9.73. The third-order valence-electron chi connectivity index (χ3n) is 5.04. The maximum absolute atomic E-state index is 6.56. The number of nitrogens with two attached hydrogens (primary N) is 1. The summed E-state index contributed by atoms with van der Waals surface area (Å²) in [5.74, 6) is 2.30. The number of hydrogen-bond acceptors (Lipinski definition) is 3. The fourth-order valence-electron chi connectivity index (χ4n) is 4.03. The third-order valence-corrected chi connectivity index (χ3v) is 5.04. The molecule has 1 aliphatic carbocycles. The highest BCUT2D eigenvalue weighted by Gasteiger charge is 2.35. The van der Waals surface area contributed by atoms with Gasteiger partial charge >= 0.3 is 0 Å². The first kappa shape index (κ1) is 15.3. The summed E-state index contributed by atoms with van der Waals surface area (Å²) in [6.45, 7) is 12.2. The van der Waals surface area contributed by atoms with Crippen molar-refractivity contribution in [2.45, 2.75) is 65.1 Å². The highest BCUT2D eigenvalue weighted by molar-refractivity contribution is 4.89. The van der Waals surface area contributed by atoms with Crippen molar-refractivity contribution in [1.82, 2.24) is 4.90 Å². The largest absolute Gasteiger partial charge is 0.374 e. The topological polar surface area (TPSA) is 38.5 Å². The van der Waals surface area contributed by atoms with Gasteiger partial charge in [-0.2, -0.15) is 0 Å². The number of rotatable bonds is 3. The monoisotopic (exact) mass is 268 g/mol. The summed E-state index contributed by atoms with van der Waals surface area (Å²) < 4.78 is 5.98. The van der Waals surface area contributed by atoms with Crippen LogP contribution in [0.5, 0.6) is 0 Å². The van der Waals surface area contributed by atoms with Crippen LogP contribution in [0.4, 0.5) is 0 Å². The quantitative estimate of drug-likeness (QED) is 0.854. The van der Waals surface area contributed by atoms with Gasteiger partial charge in [-0.3, -0.25) is 4.90 Å². The van der Waals surface area contributed by atoms with Crippen LogP contribution >= 0.6 is 0 Å². The predicted molar refractivity (Wildman–Crippen MR) is 80.1 cm³/mol. The average Bonchev–Trinajstić information content (AvgIpc) is 2.37. The Morgan fingerprint density at radius 3 is 2.32 bits per heavy atom. The Balaban J connectivity index is 1.92. The van der Waals surface area contributed by atoms with Gasteiger partial charge in [0.2, 0.25) is 0 Å². The van der Waals surface area contributed by atoms with Crippen molar-refractivity contribution in [2.75, 3.05) is 19.7 Å². The van der Waals surface area contributed by atoms with Crippen LogP contribution in [0.25, 0.3) is 0 Å². The first-order chi connectivity index (χ1) is 8.97. The van der Waals surface area contributed by atoms with E-state index in [9.17, 15) is 0 Å². The molecule has 0 aromatic rings. The van der Waals surface area contributed by atoms with Crippen molar-refractivity contribution in [3.05, 3.63) is 0 Å². The summed E-state index contributed by atoms with van der Waals surface area (Å²) in [6, 6.07) is 0.814. The predicted octanol–water partition coefficient (Wildman–Crippen LogP) is 2.50. The van der Waals surface area contributed by atoms with Crippen molar-refractivity contribution in [3.8, 4) is 0 Å². The lowest BCUT2D eigenvalue weighted by molar-refractivity contribution is -0.0630. The molecule has 112 valence electrons. The van der Waals surface area contributed by atoms with Gasteiger partial charge < -0.3 is 10.5 Å². The van der Waals surface area contributed by atoms with Gasteiger partial charge in [0, 0.05) is 25.2 Å². The minimum Gasteiger partial charge on any atom is -0.374 e. The van der Waals surface area contributed by atoms with Crippen molar-refractivity contribution < 1.29 is 4.74 Å². The molecule has 0 radical (unpaired) electrons. The summed E-state index contributed by atoms with van der Waals surface area (Å²) in [6.07, 6.45) is 4.17. The van der Waals surface area contributed by atoms with E-state index in [0.29, 0.717) is 12.0 Å². The highest BCUT2D eigenvalue weighted by Crippen LogP contribution is 2.35. The van der Waals surface area contributed by atoms with Gasteiger partial charge in [-0.05, 0) is 50.9 Å². The Kier molecular flexibility index (Phi) is 5.27. The zero-order valence-corrected chi connectivity index (χ0v) is 13.1. The van der Waals surface area contributed by atoms with Crippen LogP contribution in [0.2, 0.25) is 0 Å². The zero-order chi connectivity index (χ0) is 14.0. The van der Waals surface area contributed by atoms with Crippen molar-refractivity contribution in [1.29, 1.82) is 0 Å². The van der Waals surface area contributed by atoms with Crippen LogP contribution in [0, 0.1) is 17.8 Å². The molecule has 4 unspecified atom stereocenters. The average molecular weight is 268 g/mol. The van der Waals surface area contributed by atoms with Gasteiger partial charge in [0.05, 0.1) is 12.7 Å². The molecule has 0 bridgehead atoms. The molecule has 2 rings (SSSR count). The van der Waals surface area contributed by atoms with Gasteiger partial charge in [-0.25, -0.2) is 0 Å². The Bertz CT molecular complexity index is 272. The first-order valence-corrected chi connectivity index (χ1v) is 8.08. The molecule has 0 spiro atoms. The first-order valence-electron chi connectivity index (χ1n) is 8.08. The SMILES string of the molecule is CC1CC(C)CC(C(N)C2CN(C(C)C)CCO2)C1. The zero-order valence-electron chi connectivity index (χ0n) is 13.1. The Labute approximate surface area is 118 Å². The molecule has 1 aliphatic heterocycles. The highest BCUT2D eigenvalue weighted by atomic mass is 16.5. The van der Waals surface area contributed by atoms with Crippen LogP contribution in [0.15, 0.2) is 0 Å². The van der Waals surface area contributed by atoms with E-state index in [0.717, 1.165) is 31.5 Å². The normalized spacial score (nSPS) is 39.5. The van der Waals surface area contributed by atoms with Crippen LogP contribution in [-0.2, 0) is 4.74 Å².